The Morgan fingerprint density at radius 3 is 1.91 bits per heavy atom. The molecule has 0 bridgehead atoms. The maximum Gasteiger partial charge on any atom is 0.288 e. The average Bonchev–Trinajstić information content (AvgIpc) is 3.19. The molecule has 0 unspecified atom stereocenters. The lowest BCUT2D eigenvalue weighted by Crippen LogP contribution is -2.28. The summed E-state index contributed by atoms with van der Waals surface area (Å²) in [5, 5.41) is 6.60. The maximum absolute atomic E-state index is 13.0. The van der Waals surface area contributed by atoms with Crippen LogP contribution in [0.3, 0.4) is 0 Å². The molecule has 0 radical (unpaired) electrons. The van der Waals surface area contributed by atoms with E-state index >= 15 is 0 Å². The Morgan fingerprint density at radius 1 is 0.812 bits per heavy atom. The molecule has 2 aromatic carbocycles. The summed E-state index contributed by atoms with van der Waals surface area (Å²) >= 11 is 11.8. The molecule has 162 valence electrons. The number of rotatable bonds is 6. The van der Waals surface area contributed by atoms with Crippen molar-refractivity contribution >= 4 is 46.1 Å². The van der Waals surface area contributed by atoms with Gasteiger partial charge in [-0.3, -0.25) is 14.4 Å². The van der Waals surface area contributed by atoms with Gasteiger partial charge in [0.15, 0.2) is 5.43 Å². The molecule has 0 aliphatic heterocycles. The van der Waals surface area contributed by atoms with E-state index in [0.29, 0.717) is 10.0 Å². The van der Waals surface area contributed by atoms with Crippen LogP contribution in [-0.4, -0.2) is 16.8 Å². The number of pyridine rings is 1. The van der Waals surface area contributed by atoms with Crippen molar-refractivity contribution in [1.29, 1.82) is 0 Å². The molecule has 0 fully saturated rings. The van der Waals surface area contributed by atoms with E-state index in [1.54, 1.807) is 48.5 Å². The molecule has 2 heterocycles. The van der Waals surface area contributed by atoms with Crippen molar-refractivity contribution in [1.82, 2.24) is 15.6 Å². The van der Waals surface area contributed by atoms with E-state index in [1.165, 1.54) is 12.3 Å². The quantitative estimate of drug-likeness (QED) is 0.391. The number of halogens is 2. The first-order chi connectivity index (χ1) is 15.4. The molecule has 7 nitrogen and oxygen atoms in total. The molecule has 4 aromatic rings. The van der Waals surface area contributed by atoms with E-state index < -0.39 is 17.2 Å². The number of furan rings is 1. The lowest BCUT2D eigenvalue weighted by Gasteiger charge is -2.07. The molecule has 2 amide bonds. The van der Waals surface area contributed by atoms with Gasteiger partial charge in [-0.2, -0.15) is 0 Å². The fraction of sp³-hybridized carbons (Fsp3) is 0.0870. The number of hydrogen-bond donors (Lipinski definition) is 3. The summed E-state index contributed by atoms with van der Waals surface area (Å²) in [6, 6.07) is 15.2. The van der Waals surface area contributed by atoms with Crippen LogP contribution in [-0.2, 0) is 13.1 Å². The predicted molar refractivity (Wildman–Crippen MR) is 122 cm³/mol. The Morgan fingerprint density at radius 2 is 1.34 bits per heavy atom. The molecule has 0 aliphatic carbocycles. The first-order valence-corrected chi connectivity index (χ1v) is 10.4. The number of hydrogen-bond acceptors (Lipinski definition) is 4. The van der Waals surface area contributed by atoms with Crippen molar-refractivity contribution in [2.75, 3.05) is 0 Å². The Bertz CT molecular complexity index is 1340. The maximum atomic E-state index is 13.0. The van der Waals surface area contributed by atoms with Crippen molar-refractivity contribution in [3.63, 3.8) is 0 Å². The molecule has 32 heavy (non-hydrogen) atoms. The summed E-state index contributed by atoms with van der Waals surface area (Å²) in [5.41, 5.74) is 1.10. The van der Waals surface area contributed by atoms with Crippen LogP contribution in [0, 0.1) is 0 Å². The van der Waals surface area contributed by atoms with Gasteiger partial charge in [-0.1, -0.05) is 47.5 Å². The van der Waals surface area contributed by atoms with Gasteiger partial charge in [0.2, 0.25) is 11.5 Å². The molecular weight excluding hydrogens is 453 g/mol. The first-order valence-electron chi connectivity index (χ1n) is 9.62. The zero-order valence-corrected chi connectivity index (χ0v) is 18.1. The van der Waals surface area contributed by atoms with Crippen LogP contribution in [0.2, 0.25) is 10.0 Å². The highest BCUT2D eigenvalue weighted by molar-refractivity contribution is 6.30. The van der Waals surface area contributed by atoms with Gasteiger partial charge < -0.3 is 20.0 Å². The van der Waals surface area contributed by atoms with Crippen LogP contribution in [0.1, 0.15) is 32.0 Å². The van der Waals surface area contributed by atoms with Crippen molar-refractivity contribution in [3.05, 3.63) is 104 Å². The standard InChI is InChI=1S/C23H17Cl2N3O4/c24-15-5-1-13(2-6-15)11-27-21(30)19-18-17(29)9-10-26-23(18)32-20(19)22(31)28-12-14-3-7-16(25)8-4-14/h1-10H,11-12H2,(H,26,29)(H,27,30)(H,28,31). The minimum Gasteiger partial charge on any atom is -0.434 e. The molecule has 0 atom stereocenters. The SMILES string of the molecule is O=C(NCc1ccc(Cl)cc1)c1oc2[nH]ccc(=O)c2c1C(=O)NCc1ccc(Cl)cc1. The second-order valence-electron chi connectivity index (χ2n) is 6.97. The van der Waals surface area contributed by atoms with E-state index in [0.717, 1.165) is 11.1 Å². The molecule has 4 rings (SSSR count). The molecule has 3 N–H and O–H groups in total. The number of nitrogens with one attached hydrogen (secondary N) is 3. The lowest BCUT2D eigenvalue weighted by molar-refractivity contribution is 0.0897. The van der Waals surface area contributed by atoms with Gasteiger partial charge in [0.25, 0.3) is 11.8 Å². The minimum atomic E-state index is -0.624. The molecule has 0 aliphatic rings. The summed E-state index contributed by atoms with van der Waals surface area (Å²) in [5.74, 6) is -1.48. The van der Waals surface area contributed by atoms with Crippen molar-refractivity contribution in [2.45, 2.75) is 13.1 Å². The van der Waals surface area contributed by atoms with Gasteiger partial charge in [-0.25, -0.2) is 0 Å². The third-order valence-corrected chi connectivity index (χ3v) is 5.27. The third-order valence-electron chi connectivity index (χ3n) is 4.77. The molecule has 0 saturated carbocycles. The van der Waals surface area contributed by atoms with Crippen LogP contribution in [0.15, 0.2) is 70.0 Å². The molecule has 2 aromatic heterocycles. The summed E-state index contributed by atoms with van der Waals surface area (Å²) in [4.78, 5) is 41.1. The summed E-state index contributed by atoms with van der Waals surface area (Å²) in [6.07, 6.45) is 1.39. The molecular formula is C23H17Cl2N3O4. The number of amides is 2. The summed E-state index contributed by atoms with van der Waals surface area (Å²) in [7, 11) is 0. The second-order valence-corrected chi connectivity index (χ2v) is 7.84. The summed E-state index contributed by atoms with van der Waals surface area (Å²) < 4.78 is 5.57. The van der Waals surface area contributed by atoms with Gasteiger partial charge in [0.1, 0.15) is 5.56 Å². The third kappa shape index (κ3) is 4.69. The number of H-pyrrole nitrogens is 1. The van der Waals surface area contributed by atoms with Crippen LogP contribution >= 0.6 is 23.2 Å². The van der Waals surface area contributed by atoms with Crippen molar-refractivity contribution in [3.8, 4) is 0 Å². The lowest BCUT2D eigenvalue weighted by atomic mass is 10.1. The van der Waals surface area contributed by atoms with Gasteiger partial charge >= 0.3 is 0 Å². The van der Waals surface area contributed by atoms with E-state index in [4.69, 9.17) is 27.6 Å². The Labute approximate surface area is 192 Å². The van der Waals surface area contributed by atoms with Crippen LogP contribution in [0.5, 0.6) is 0 Å². The number of aromatic amines is 1. The highest BCUT2D eigenvalue weighted by Crippen LogP contribution is 2.22. The second kappa shape index (κ2) is 9.30. The largest absolute Gasteiger partial charge is 0.434 e. The van der Waals surface area contributed by atoms with Gasteiger partial charge in [0, 0.05) is 35.4 Å². The molecule has 0 spiro atoms. The molecule has 0 saturated heterocycles. The van der Waals surface area contributed by atoms with Gasteiger partial charge in [-0.05, 0) is 35.4 Å². The fourth-order valence-electron chi connectivity index (χ4n) is 3.16. The Balaban J connectivity index is 1.61. The smallest absolute Gasteiger partial charge is 0.288 e. The van der Waals surface area contributed by atoms with E-state index in [1.807, 2.05) is 0 Å². The number of carbonyl (C=O) groups excluding carboxylic acids is 2. The monoisotopic (exact) mass is 469 g/mol. The molecule has 9 heteroatoms. The minimum absolute atomic E-state index is 0.0118. The number of benzene rings is 2. The van der Waals surface area contributed by atoms with Crippen LogP contribution in [0.4, 0.5) is 0 Å². The van der Waals surface area contributed by atoms with E-state index in [-0.39, 0.29) is 35.5 Å². The van der Waals surface area contributed by atoms with Crippen LogP contribution in [0.25, 0.3) is 11.1 Å². The first kappa shape index (κ1) is 21.7. The fourth-order valence-corrected chi connectivity index (χ4v) is 3.41. The van der Waals surface area contributed by atoms with Crippen LogP contribution < -0.4 is 16.1 Å². The van der Waals surface area contributed by atoms with E-state index in [9.17, 15) is 14.4 Å². The zero-order chi connectivity index (χ0) is 22.7. The highest BCUT2D eigenvalue weighted by Gasteiger charge is 2.27. The Kier molecular flexibility index (Phi) is 6.30. The summed E-state index contributed by atoms with van der Waals surface area (Å²) in [6.45, 7) is 0.367. The normalized spacial score (nSPS) is 10.8. The highest BCUT2D eigenvalue weighted by atomic mass is 35.5. The van der Waals surface area contributed by atoms with E-state index in [2.05, 4.69) is 15.6 Å². The average molecular weight is 470 g/mol. The Hall–Kier alpha value is -3.55. The van der Waals surface area contributed by atoms with Gasteiger partial charge in [-0.15, -0.1) is 0 Å². The predicted octanol–water partition coefficient (Wildman–Crippen LogP) is 4.29. The number of fused-ring (bicyclic) bond motifs is 1. The topological polar surface area (TPSA) is 104 Å². The van der Waals surface area contributed by atoms with Gasteiger partial charge in [0.05, 0.1) is 5.39 Å². The number of carbonyl (C=O) groups is 2. The van der Waals surface area contributed by atoms with Crippen molar-refractivity contribution < 1.29 is 14.0 Å². The number of aromatic nitrogens is 1. The van der Waals surface area contributed by atoms with Crippen molar-refractivity contribution in [2.24, 2.45) is 0 Å². The zero-order valence-electron chi connectivity index (χ0n) is 16.6.